The van der Waals surface area contributed by atoms with Crippen LogP contribution in [0.15, 0.2) is 33.7 Å². The van der Waals surface area contributed by atoms with Crippen LogP contribution in [0.4, 0.5) is 0 Å². The molecule has 0 aromatic carbocycles. The minimum Gasteiger partial charge on any atom is -0.462 e. The third-order valence-corrected chi connectivity index (χ3v) is 4.79. The van der Waals surface area contributed by atoms with Crippen LogP contribution in [-0.4, -0.2) is 48.7 Å². The second-order valence-corrected chi connectivity index (χ2v) is 6.33. The van der Waals surface area contributed by atoms with Crippen molar-refractivity contribution in [1.29, 1.82) is 5.26 Å². The fourth-order valence-electron chi connectivity index (χ4n) is 2.56. The molecular formula is C16H19N3O4S. The van der Waals surface area contributed by atoms with E-state index in [0.717, 1.165) is 0 Å². The molecule has 0 spiro atoms. The highest BCUT2D eigenvalue weighted by atomic mass is 32.2. The Morgan fingerprint density at radius 1 is 1.67 bits per heavy atom. The van der Waals surface area contributed by atoms with Gasteiger partial charge in [-0.2, -0.15) is 5.26 Å². The Morgan fingerprint density at radius 2 is 2.38 bits per heavy atom. The first-order valence-electron chi connectivity index (χ1n) is 7.46. The van der Waals surface area contributed by atoms with Crippen LogP contribution in [0.5, 0.6) is 0 Å². The Morgan fingerprint density at radius 3 is 2.96 bits per heavy atom. The summed E-state index contributed by atoms with van der Waals surface area (Å²) in [5, 5.41) is 9.10. The van der Waals surface area contributed by atoms with E-state index >= 15 is 0 Å². The maximum Gasteiger partial charge on any atom is 0.342 e. The molecule has 0 aliphatic carbocycles. The number of nitrogens with two attached hydrogens (primary N) is 1. The first-order valence-corrected chi connectivity index (χ1v) is 8.28. The van der Waals surface area contributed by atoms with E-state index in [0.29, 0.717) is 28.7 Å². The number of nitrogens with zero attached hydrogens (tertiary/aromatic N) is 2. The maximum absolute atomic E-state index is 12.7. The summed E-state index contributed by atoms with van der Waals surface area (Å²) >= 11 is 1.19. The van der Waals surface area contributed by atoms with Gasteiger partial charge in [-0.25, -0.2) is 4.79 Å². The molecule has 2 atom stereocenters. The van der Waals surface area contributed by atoms with Gasteiger partial charge in [0.15, 0.2) is 6.10 Å². The third kappa shape index (κ3) is 3.24. The van der Waals surface area contributed by atoms with Gasteiger partial charge in [-0.1, -0.05) is 18.3 Å². The second-order valence-electron chi connectivity index (χ2n) is 5.11. The van der Waals surface area contributed by atoms with Crippen LogP contribution in [0, 0.1) is 11.3 Å². The van der Waals surface area contributed by atoms with Gasteiger partial charge in [-0.3, -0.25) is 4.79 Å². The van der Waals surface area contributed by atoms with E-state index in [-0.39, 0.29) is 12.2 Å². The molecule has 24 heavy (non-hydrogen) atoms. The van der Waals surface area contributed by atoms with Crippen LogP contribution >= 0.6 is 11.8 Å². The number of thioether (sulfide) groups is 1. The van der Waals surface area contributed by atoms with Crippen molar-refractivity contribution in [3.63, 3.8) is 0 Å². The number of carbonyl (C=O) groups is 2. The van der Waals surface area contributed by atoms with E-state index in [1.807, 2.05) is 6.07 Å². The molecule has 0 amide bonds. The zero-order chi connectivity index (χ0) is 17.9. The van der Waals surface area contributed by atoms with E-state index in [9.17, 15) is 9.59 Å². The predicted octanol–water partition coefficient (Wildman–Crippen LogP) is 1.05. The Bertz CT molecular complexity index is 677. The lowest BCUT2D eigenvalue weighted by Gasteiger charge is -2.38. The lowest BCUT2D eigenvalue weighted by atomic mass is 10.1. The highest BCUT2D eigenvalue weighted by molar-refractivity contribution is 8.08. The molecule has 2 N–H and O–H groups in total. The molecule has 2 aliphatic rings. The summed E-state index contributed by atoms with van der Waals surface area (Å²) in [5.74, 6) is -1.04. The smallest absolute Gasteiger partial charge is 0.342 e. The molecule has 1 fully saturated rings. The Kier molecular flexibility index (Phi) is 5.83. The molecule has 1 saturated heterocycles. The van der Waals surface area contributed by atoms with Gasteiger partial charge in [0.2, 0.25) is 5.78 Å². The van der Waals surface area contributed by atoms with Gasteiger partial charge in [0.05, 0.1) is 29.9 Å². The fraction of sp³-hybridized carbons (Fsp3) is 0.438. The largest absolute Gasteiger partial charge is 0.462 e. The molecule has 8 heteroatoms. The van der Waals surface area contributed by atoms with Crippen molar-refractivity contribution in [2.75, 3.05) is 19.8 Å². The van der Waals surface area contributed by atoms with Crippen molar-refractivity contribution in [2.24, 2.45) is 5.73 Å². The Balaban J connectivity index is 2.37. The molecule has 0 radical (unpaired) electrons. The Labute approximate surface area is 144 Å². The fourth-order valence-corrected chi connectivity index (χ4v) is 3.64. The van der Waals surface area contributed by atoms with Crippen LogP contribution in [0.3, 0.4) is 0 Å². The summed E-state index contributed by atoms with van der Waals surface area (Å²) in [4.78, 5) is 27.3. The zero-order valence-electron chi connectivity index (χ0n) is 13.6. The molecule has 0 saturated carbocycles. The van der Waals surface area contributed by atoms with Gasteiger partial charge in [0.25, 0.3) is 0 Å². The average Bonchev–Trinajstić information content (AvgIpc) is 2.84. The van der Waals surface area contributed by atoms with E-state index in [2.05, 4.69) is 6.58 Å². The first kappa shape index (κ1) is 18.3. The van der Waals surface area contributed by atoms with Crippen molar-refractivity contribution in [3.8, 4) is 6.07 Å². The lowest BCUT2D eigenvalue weighted by Crippen LogP contribution is -2.55. The van der Waals surface area contributed by atoms with Crippen LogP contribution in [0.1, 0.15) is 13.8 Å². The van der Waals surface area contributed by atoms with Crippen molar-refractivity contribution in [1.82, 2.24) is 4.90 Å². The van der Waals surface area contributed by atoms with Crippen molar-refractivity contribution in [2.45, 2.75) is 26.1 Å². The first-order chi connectivity index (χ1) is 11.5. The molecule has 0 aromatic heterocycles. The van der Waals surface area contributed by atoms with Gasteiger partial charge in [0, 0.05) is 11.4 Å². The number of ketones is 1. The second kappa shape index (κ2) is 7.66. The van der Waals surface area contributed by atoms with Crippen LogP contribution in [0.25, 0.3) is 0 Å². The molecule has 128 valence electrons. The van der Waals surface area contributed by atoms with E-state index in [1.165, 1.54) is 17.8 Å². The van der Waals surface area contributed by atoms with Crippen molar-refractivity contribution < 1.29 is 19.1 Å². The molecular weight excluding hydrogens is 330 g/mol. The topological polar surface area (TPSA) is 106 Å². The molecule has 2 aliphatic heterocycles. The zero-order valence-corrected chi connectivity index (χ0v) is 14.4. The van der Waals surface area contributed by atoms with Crippen LogP contribution in [0.2, 0.25) is 0 Å². The number of hydrogen-bond acceptors (Lipinski definition) is 8. The highest BCUT2D eigenvalue weighted by Gasteiger charge is 2.38. The number of ether oxygens (including phenoxy) is 2. The normalized spacial score (nSPS) is 26.2. The number of esters is 1. The van der Waals surface area contributed by atoms with Gasteiger partial charge >= 0.3 is 5.97 Å². The number of Topliss-reactive ketones (excluding diaryl/α,β-unsaturated/α-hetero) is 1. The molecule has 2 rings (SSSR count). The van der Waals surface area contributed by atoms with Crippen LogP contribution < -0.4 is 5.73 Å². The molecule has 0 bridgehead atoms. The molecule has 2 heterocycles. The number of allylic oxidation sites excluding steroid dienone is 3. The van der Waals surface area contributed by atoms with E-state index < -0.39 is 24.0 Å². The highest BCUT2D eigenvalue weighted by Crippen LogP contribution is 2.41. The van der Waals surface area contributed by atoms with E-state index in [4.69, 9.17) is 20.5 Å². The molecule has 0 aromatic rings. The quantitative estimate of drug-likeness (QED) is 0.456. The number of nitriles is 1. The van der Waals surface area contributed by atoms with Crippen molar-refractivity contribution >= 4 is 23.5 Å². The molecule has 2 unspecified atom stereocenters. The van der Waals surface area contributed by atoms with E-state index in [1.54, 1.807) is 18.7 Å². The van der Waals surface area contributed by atoms with Crippen molar-refractivity contribution in [3.05, 3.63) is 33.7 Å². The van der Waals surface area contributed by atoms with Gasteiger partial charge in [-0.15, -0.1) is 0 Å². The van der Waals surface area contributed by atoms with Gasteiger partial charge in [0.1, 0.15) is 11.7 Å². The van der Waals surface area contributed by atoms with Crippen LogP contribution in [-0.2, 0) is 19.1 Å². The number of carbonyl (C=O) groups excluding carboxylic acids is 2. The Hall–Kier alpha value is -2.08. The summed E-state index contributed by atoms with van der Waals surface area (Å²) in [7, 11) is 0. The number of rotatable bonds is 4. The average molecular weight is 349 g/mol. The van der Waals surface area contributed by atoms with Gasteiger partial charge in [-0.05, 0) is 19.9 Å². The summed E-state index contributed by atoms with van der Waals surface area (Å²) < 4.78 is 10.3. The SMILES string of the molecule is C=C/C(=C1\SC(C)=C(C(=O)OCC)C1=O)N1CCOC(C#N)C1N. The number of morpholine rings is 1. The molecule has 7 nitrogen and oxygen atoms in total. The lowest BCUT2D eigenvalue weighted by molar-refractivity contribution is -0.139. The minimum absolute atomic E-state index is 0.0369. The third-order valence-electron chi connectivity index (χ3n) is 3.68. The monoisotopic (exact) mass is 349 g/mol. The summed E-state index contributed by atoms with van der Waals surface area (Å²) in [6.07, 6.45) is 0.000275. The summed E-state index contributed by atoms with van der Waals surface area (Å²) in [6.45, 7) is 8.06. The number of hydrogen-bond donors (Lipinski definition) is 1. The standard InChI is InChI=1S/C16H19N3O4S/c1-4-10(19-6-7-23-11(8-17)15(19)18)14-13(20)12(9(3)24-14)16(21)22-5-2/h4,11,15H,1,5-7,18H2,2-3H3/b14-10+. The minimum atomic E-state index is -0.797. The van der Waals surface area contributed by atoms with Gasteiger partial charge < -0.3 is 20.1 Å². The summed E-state index contributed by atoms with van der Waals surface area (Å²) in [6, 6.07) is 1.99. The predicted molar refractivity (Wildman–Crippen MR) is 89.2 cm³/mol. The maximum atomic E-state index is 12.7. The summed E-state index contributed by atoms with van der Waals surface area (Å²) in [5.41, 5.74) is 6.61.